The molecule has 3 rings (SSSR count). The summed E-state index contributed by atoms with van der Waals surface area (Å²) in [6.45, 7) is 0. The zero-order chi connectivity index (χ0) is 17.6. The molecular weight excluding hydrogens is 314 g/mol. The van der Waals surface area contributed by atoms with E-state index < -0.39 is 12.0 Å². The first-order chi connectivity index (χ1) is 12.1. The van der Waals surface area contributed by atoms with Gasteiger partial charge < -0.3 is 15.6 Å². The van der Waals surface area contributed by atoms with Gasteiger partial charge in [-0.05, 0) is 35.7 Å². The molecule has 0 radical (unpaired) electrons. The molecule has 0 heterocycles. The Bertz CT molecular complexity index is 845. The van der Waals surface area contributed by atoms with Crippen molar-refractivity contribution in [2.24, 2.45) is 5.73 Å². The molecule has 4 heteroatoms. The van der Waals surface area contributed by atoms with Gasteiger partial charge in [-0.15, -0.1) is 0 Å². The SMILES string of the molecule is N[C@@H](Cc1ccc(-c2ccccc2Oc2ccccc2)cc1)C(=O)O. The Balaban J connectivity index is 1.83. The summed E-state index contributed by atoms with van der Waals surface area (Å²) in [6, 6.07) is 24.3. The number of hydrogen-bond acceptors (Lipinski definition) is 3. The van der Waals surface area contributed by atoms with E-state index in [1.165, 1.54) is 0 Å². The van der Waals surface area contributed by atoms with Crippen molar-refractivity contribution in [1.29, 1.82) is 0 Å². The smallest absolute Gasteiger partial charge is 0.320 e. The molecule has 0 fully saturated rings. The van der Waals surface area contributed by atoms with E-state index in [1.54, 1.807) is 0 Å². The first-order valence-corrected chi connectivity index (χ1v) is 8.03. The van der Waals surface area contributed by atoms with Gasteiger partial charge in [-0.25, -0.2) is 0 Å². The Morgan fingerprint density at radius 1 is 0.920 bits per heavy atom. The van der Waals surface area contributed by atoms with Crippen LogP contribution in [-0.2, 0) is 11.2 Å². The summed E-state index contributed by atoms with van der Waals surface area (Å²) in [4.78, 5) is 10.9. The third-order valence-corrected chi connectivity index (χ3v) is 3.90. The van der Waals surface area contributed by atoms with E-state index in [1.807, 2.05) is 78.9 Å². The van der Waals surface area contributed by atoms with Crippen LogP contribution in [0.5, 0.6) is 11.5 Å². The number of aliphatic carboxylic acids is 1. The van der Waals surface area contributed by atoms with Crippen LogP contribution in [0.15, 0.2) is 78.9 Å². The number of carboxylic acid groups (broad SMARTS) is 1. The second kappa shape index (κ2) is 7.64. The van der Waals surface area contributed by atoms with Gasteiger partial charge in [0.05, 0.1) is 0 Å². The molecule has 25 heavy (non-hydrogen) atoms. The zero-order valence-corrected chi connectivity index (χ0v) is 13.6. The summed E-state index contributed by atoms with van der Waals surface area (Å²) in [5, 5.41) is 8.91. The van der Waals surface area contributed by atoms with E-state index >= 15 is 0 Å². The van der Waals surface area contributed by atoms with E-state index in [4.69, 9.17) is 15.6 Å². The minimum absolute atomic E-state index is 0.303. The Labute approximate surface area is 146 Å². The standard InChI is InChI=1S/C21H19NO3/c22-19(21(23)24)14-15-10-12-16(13-11-15)18-8-4-5-9-20(18)25-17-6-2-1-3-7-17/h1-13,19H,14,22H2,(H,23,24)/t19-/m0/s1. The number of para-hydroxylation sites is 2. The molecule has 0 saturated heterocycles. The van der Waals surface area contributed by atoms with Crippen molar-refractivity contribution in [3.8, 4) is 22.6 Å². The van der Waals surface area contributed by atoms with Crippen LogP contribution in [0.3, 0.4) is 0 Å². The van der Waals surface area contributed by atoms with Crippen molar-refractivity contribution in [2.45, 2.75) is 12.5 Å². The highest BCUT2D eigenvalue weighted by molar-refractivity contribution is 5.74. The van der Waals surface area contributed by atoms with Crippen molar-refractivity contribution >= 4 is 5.97 Å². The van der Waals surface area contributed by atoms with E-state index in [0.29, 0.717) is 6.42 Å². The molecule has 126 valence electrons. The molecule has 4 nitrogen and oxygen atoms in total. The van der Waals surface area contributed by atoms with Gasteiger partial charge in [-0.1, -0.05) is 60.7 Å². The van der Waals surface area contributed by atoms with Gasteiger partial charge in [-0.3, -0.25) is 4.79 Å². The van der Waals surface area contributed by atoms with Gasteiger partial charge in [0.2, 0.25) is 0 Å². The Kier molecular flexibility index (Phi) is 5.11. The van der Waals surface area contributed by atoms with Gasteiger partial charge in [0.1, 0.15) is 17.5 Å². The van der Waals surface area contributed by atoms with Crippen LogP contribution in [0.4, 0.5) is 0 Å². The first-order valence-electron chi connectivity index (χ1n) is 8.03. The van der Waals surface area contributed by atoms with Gasteiger partial charge in [0.15, 0.2) is 0 Å². The van der Waals surface area contributed by atoms with Crippen LogP contribution in [0.2, 0.25) is 0 Å². The molecular formula is C21H19NO3. The van der Waals surface area contributed by atoms with Gasteiger partial charge >= 0.3 is 5.97 Å². The third kappa shape index (κ3) is 4.25. The molecule has 0 unspecified atom stereocenters. The average Bonchev–Trinajstić information content (AvgIpc) is 2.64. The largest absolute Gasteiger partial charge is 0.480 e. The lowest BCUT2D eigenvalue weighted by Crippen LogP contribution is -2.32. The van der Waals surface area contributed by atoms with Gasteiger partial charge in [0.25, 0.3) is 0 Å². The zero-order valence-electron chi connectivity index (χ0n) is 13.6. The third-order valence-electron chi connectivity index (χ3n) is 3.90. The van der Waals surface area contributed by atoms with Crippen molar-refractivity contribution < 1.29 is 14.6 Å². The molecule has 0 aliphatic rings. The van der Waals surface area contributed by atoms with E-state index in [0.717, 1.165) is 28.2 Å². The summed E-state index contributed by atoms with van der Waals surface area (Å²) in [6.07, 6.45) is 0.303. The number of ether oxygens (including phenoxy) is 1. The van der Waals surface area contributed by atoms with Crippen molar-refractivity contribution in [3.63, 3.8) is 0 Å². The maximum Gasteiger partial charge on any atom is 0.320 e. The van der Waals surface area contributed by atoms with E-state index in [-0.39, 0.29) is 0 Å². The number of nitrogens with two attached hydrogens (primary N) is 1. The summed E-state index contributed by atoms with van der Waals surface area (Å²) in [5.74, 6) is 0.549. The summed E-state index contributed by atoms with van der Waals surface area (Å²) >= 11 is 0. The van der Waals surface area contributed by atoms with Gasteiger partial charge in [-0.2, -0.15) is 0 Å². The summed E-state index contributed by atoms with van der Waals surface area (Å²) in [5.41, 5.74) is 8.45. The molecule has 0 aliphatic heterocycles. The fourth-order valence-electron chi connectivity index (χ4n) is 2.57. The van der Waals surface area contributed by atoms with Crippen LogP contribution in [0, 0.1) is 0 Å². The molecule has 1 atom stereocenters. The Hall–Kier alpha value is -3.11. The van der Waals surface area contributed by atoms with Crippen LogP contribution < -0.4 is 10.5 Å². The fraction of sp³-hybridized carbons (Fsp3) is 0.0952. The van der Waals surface area contributed by atoms with Crippen LogP contribution in [0.25, 0.3) is 11.1 Å². The second-order valence-corrected chi connectivity index (χ2v) is 5.76. The van der Waals surface area contributed by atoms with Crippen LogP contribution in [-0.4, -0.2) is 17.1 Å². The first kappa shape index (κ1) is 16.7. The van der Waals surface area contributed by atoms with Crippen LogP contribution >= 0.6 is 0 Å². The number of carbonyl (C=O) groups is 1. The molecule has 0 aliphatic carbocycles. The Morgan fingerprint density at radius 2 is 1.56 bits per heavy atom. The minimum atomic E-state index is -0.995. The summed E-state index contributed by atoms with van der Waals surface area (Å²) < 4.78 is 5.99. The molecule has 0 bridgehead atoms. The number of benzene rings is 3. The number of rotatable bonds is 6. The molecule has 0 aromatic heterocycles. The van der Waals surface area contributed by atoms with E-state index in [2.05, 4.69) is 0 Å². The molecule has 0 saturated carbocycles. The second-order valence-electron chi connectivity index (χ2n) is 5.76. The lowest BCUT2D eigenvalue weighted by atomic mass is 10.0. The Morgan fingerprint density at radius 3 is 2.24 bits per heavy atom. The molecule has 3 aromatic rings. The predicted octanol–water partition coefficient (Wildman–Crippen LogP) is 4.10. The number of carboxylic acids is 1. The number of hydrogen-bond donors (Lipinski definition) is 2. The average molecular weight is 333 g/mol. The fourth-order valence-corrected chi connectivity index (χ4v) is 2.57. The van der Waals surface area contributed by atoms with Crippen molar-refractivity contribution in [2.75, 3.05) is 0 Å². The molecule has 3 aromatic carbocycles. The maximum atomic E-state index is 10.9. The highest BCUT2D eigenvalue weighted by atomic mass is 16.5. The van der Waals surface area contributed by atoms with Gasteiger partial charge in [0, 0.05) is 5.56 Å². The molecule has 3 N–H and O–H groups in total. The molecule has 0 spiro atoms. The highest BCUT2D eigenvalue weighted by Gasteiger charge is 2.12. The summed E-state index contributed by atoms with van der Waals surface area (Å²) in [7, 11) is 0. The lowest BCUT2D eigenvalue weighted by molar-refractivity contribution is -0.138. The van der Waals surface area contributed by atoms with Crippen LogP contribution in [0.1, 0.15) is 5.56 Å². The normalized spacial score (nSPS) is 11.7. The minimum Gasteiger partial charge on any atom is -0.480 e. The maximum absolute atomic E-state index is 10.9. The topological polar surface area (TPSA) is 72.5 Å². The quantitative estimate of drug-likeness (QED) is 0.712. The lowest BCUT2D eigenvalue weighted by Gasteiger charge is -2.12. The highest BCUT2D eigenvalue weighted by Crippen LogP contribution is 2.33. The molecule has 0 amide bonds. The van der Waals surface area contributed by atoms with E-state index in [9.17, 15) is 4.79 Å². The van der Waals surface area contributed by atoms with Crippen molar-refractivity contribution in [1.82, 2.24) is 0 Å². The van der Waals surface area contributed by atoms with Crippen molar-refractivity contribution in [3.05, 3.63) is 84.4 Å². The monoisotopic (exact) mass is 333 g/mol. The predicted molar refractivity (Wildman–Crippen MR) is 97.7 cm³/mol.